The Morgan fingerprint density at radius 1 is 0.512 bits per heavy atom. The van der Waals surface area contributed by atoms with Gasteiger partial charge < -0.3 is 9.47 Å². The van der Waals surface area contributed by atoms with Crippen molar-refractivity contribution >= 4 is 11.1 Å². The Hall–Kier alpha value is -2.12. The van der Waals surface area contributed by atoms with Crippen LogP contribution in [0.5, 0.6) is 11.5 Å². The first-order chi connectivity index (χ1) is 19.3. The molecule has 0 aromatic heterocycles. The number of hydrogen-bond donors (Lipinski definition) is 0. The number of methoxy groups -OCH3 is 2. The van der Waals surface area contributed by atoms with E-state index in [1.165, 1.54) is 22.3 Å². The van der Waals surface area contributed by atoms with Crippen molar-refractivity contribution in [1.82, 2.24) is 0 Å². The van der Waals surface area contributed by atoms with Crippen LogP contribution in [0.25, 0.3) is 11.1 Å². The smallest absolute Gasteiger partial charge is 0.509 e. The Morgan fingerprint density at radius 2 is 0.814 bits per heavy atom. The Balaban J connectivity index is 0.000000293. The summed E-state index contributed by atoms with van der Waals surface area (Å²) in [7, 11) is 3.46. The van der Waals surface area contributed by atoms with Crippen molar-refractivity contribution in [3.63, 3.8) is 0 Å². The van der Waals surface area contributed by atoms with E-state index < -0.39 is 0 Å². The molecule has 2 aliphatic carbocycles. The molecular weight excluding hydrogens is 604 g/mol. The van der Waals surface area contributed by atoms with Gasteiger partial charge in [0.15, 0.2) is 0 Å². The van der Waals surface area contributed by atoms with Crippen molar-refractivity contribution in [2.45, 2.75) is 83.1 Å². The van der Waals surface area contributed by atoms with Crippen molar-refractivity contribution in [2.24, 2.45) is 33.5 Å². The van der Waals surface area contributed by atoms with Crippen molar-refractivity contribution in [3.8, 4) is 11.5 Å². The zero-order valence-corrected chi connectivity index (χ0v) is 31.7. The Bertz CT molecular complexity index is 1270. The molecule has 0 aliphatic heterocycles. The van der Waals surface area contributed by atoms with Gasteiger partial charge in [0, 0.05) is 0 Å². The molecule has 0 heterocycles. The van der Waals surface area contributed by atoms with Crippen LogP contribution in [0, 0.1) is 45.6 Å². The fourth-order valence-corrected chi connectivity index (χ4v) is 5.38. The van der Waals surface area contributed by atoms with Crippen LogP contribution >= 0.6 is 0 Å². The van der Waals surface area contributed by atoms with Gasteiger partial charge in [-0.25, -0.2) is 0 Å². The van der Waals surface area contributed by atoms with Gasteiger partial charge in [-0.3, -0.25) is 0 Å². The van der Waals surface area contributed by atoms with Gasteiger partial charge in [0.2, 0.25) is 0 Å². The molecule has 0 bridgehead atoms. The zero-order valence-electron chi connectivity index (χ0n) is 29.2. The summed E-state index contributed by atoms with van der Waals surface area (Å²) < 4.78 is 11.1. The summed E-state index contributed by atoms with van der Waals surface area (Å²) >= 11 is 0. The molecule has 2 aromatic carbocycles. The van der Waals surface area contributed by atoms with Crippen LogP contribution < -0.4 is 9.47 Å². The molecule has 4 rings (SSSR count). The van der Waals surface area contributed by atoms with Crippen molar-refractivity contribution < 1.29 is 35.7 Å². The molecule has 2 aliphatic rings. The third kappa shape index (κ3) is 8.97. The molecule has 0 saturated carbocycles. The monoisotopic (exact) mass is 656 g/mol. The maximum Gasteiger partial charge on any atom is 2.00 e. The van der Waals surface area contributed by atoms with E-state index >= 15 is 0 Å². The largest absolute Gasteiger partial charge is 2.00 e. The van der Waals surface area contributed by atoms with Gasteiger partial charge in [0.05, 0.1) is 25.7 Å². The first-order valence-electron chi connectivity index (χ1n) is 15.3. The third-order valence-electron chi connectivity index (χ3n) is 8.04. The molecule has 230 valence electrons. The van der Waals surface area contributed by atoms with Gasteiger partial charge in [-0.15, -0.1) is 35.4 Å². The summed E-state index contributed by atoms with van der Waals surface area (Å²) in [5.41, 5.74) is 8.01. The quantitative estimate of drug-likeness (QED) is 0.305. The van der Waals surface area contributed by atoms with E-state index in [4.69, 9.17) is 9.47 Å². The van der Waals surface area contributed by atoms with Gasteiger partial charge in [0.1, 0.15) is 0 Å². The predicted molar refractivity (Wildman–Crippen MR) is 180 cm³/mol. The maximum atomic E-state index is 5.55. The summed E-state index contributed by atoms with van der Waals surface area (Å²) in [4.78, 5) is 0. The molecule has 0 saturated heterocycles. The minimum Gasteiger partial charge on any atom is -0.509 e. The Morgan fingerprint density at radius 3 is 1.07 bits per heavy atom. The van der Waals surface area contributed by atoms with Crippen LogP contribution in [-0.4, -0.2) is 14.2 Å². The fraction of sp³-hybridized carbons (Fsp3) is 0.500. The van der Waals surface area contributed by atoms with E-state index in [0.717, 1.165) is 22.6 Å². The standard InChI is InChI=1S/2C20H27O.Zr/c2*1-19(2,3)14-12-16(17(13-14)20(4,5)6)15-10-8-9-11-18(15)21-7;/h2*8-11,13-14H,1-7H3;/q2*-1;+2. The number of para-hydroxylation sites is 2. The van der Waals surface area contributed by atoms with E-state index in [-0.39, 0.29) is 47.9 Å². The minimum absolute atomic E-state index is 0. The van der Waals surface area contributed by atoms with E-state index in [1.54, 1.807) is 14.2 Å². The van der Waals surface area contributed by atoms with E-state index in [2.05, 4.69) is 132 Å². The van der Waals surface area contributed by atoms with Gasteiger partial charge in [0.25, 0.3) is 0 Å². The van der Waals surface area contributed by atoms with Gasteiger partial charge >= 0.3 is 26.2 Å². The molecule has 2 unspecified atom stereocenters. The number of ether oxygens (including phenoxy) is 2. The second-order valence-corrected chi connectivity index (χ2v) is 15.8. The summed E-state index contributed by atoms with van der Waals surface area (Å²) in [5.74, 6) is 2.52. The Kier molecular flexibility index (Phi) is 12.0. The zero-order chi connectivity index (χ0) is 31.7. The summed E-state index contributed by atoms with van der Waals surface area (Å²) in [6.07, 6.45) is 12.2. The first-order valence-corrected chi connectivity index (χ1v) is 15.3. The normalized spacial score (nSPS) is 18.8. The van der Waals surface area contributed by atoms with Crippen molar-refractivity contribution in [1.29, 1.82) is 0 Å². The molecule has 0 fully saturated rings. The van der Waals surface area contributed by atoms with Crippen LogP contribution in [0.4, 0.5) is 0 Å². The van der Waals surface area contributed by atoms with Crippen molar-refractivity contribution in [2.75, 3.05) is 14.2 Å². The molecule has 0 amide bonds. The molecule has 0 spiro atoms. The van der Waals surface area contributed by atoms with Gasteiger partial charge in [-0.2, -0.15) is 23.3 Å². The summed E-state index contributed by atoms with van der Waals surface area (Å²) in [6, 6.07) is 16.5. The van der Waals surface area contributed by atoms with Crippen molar-refractivity contribution in [3.05, 3.63) is 95.1 Å². The van der Waals surface area contributed by atoms with E-state index in [1.807, 2.05) is 24.3 Å². The number of rotatable bonds is 4. The summed E-state index contributed by atoms with van der Waals surface area (Å²) in [5, 5.41) is 0. The number of hydrogen-bond acceptors (Lipinski definition) is 2. The van der Waals surface area contributed by atoms with Crippen LogP contribution in [-0.2, 0) is 26.2 Å². The maximum absolute atomic E-state index is 5.55. The van der Waals surface area contributed by atoms with Crippen LogP contribution in [0.3, 0.4) is 0 Å². The summed E-state index contributed by atoms with van der Waals surface area (Å²) in [6.45, 7) is 27.2. The molecule has 2 atom stereocenters. The fourth-order valence-electron chi connectivity index (χ4n) is 5.38. The molecule has 43 heavy (non-hydrogen) atoms. The second kappa shape index (κ2) is 13.9. The van der Waals surface area contributed by atoms with Gasteiger partial charge in [-0.05, 0) is 23.0 Å². The molecular formula is C40H54O2Zr. The SMILES string of the molecule is COc1ccccc1C1=[C-]C(C(C)(C)C)C=C1C(C)(C)C.COc1ccccc1C1=[C-]C(C(C)(C)C)C=C1C(C)(C)C.[Zr+2]. The van der Waals surface area contributed by atoms with Crippen LogP contribution in [0.2, 0.25) is 0 Å². The number of benzene rings is 2. The first kappa shape index (κ1) is 37.1. The van der Waals surface area contributed by atoms with E-state index in [0.29, 0.717) is 11.8 Å². The third-order valence-corrected chi connectivity index (χ3v) is 8.04. The minimum atomic E-state index is 0. The second-order valence-electron chi connectivity index (χ2n) is 15.8. The average molecular weight is 658 g/mol. The molecule has 3 heteroatoms. The molecule has 2 nitrogen and oxygen atoms in total. The molecule has 0 radical (unpaired) electrons. The molecule has 0 N–H and O–H groups in total. The predicted octanol–water partition coefficient (Wildman–Crippen LogP) is 11.1. The van der Waals surface area contributed by atoms with Gasteiger partial charge in [-0.1, -0.05) is 141 Å². The average Bonchev–Trinajstić information content (AvgIpc) is 3.55. The molecule has 2 aromatic rings. The number of allylic oxidation sites excluding steroid dienone is 8. The van der Waals surface area contributed by atoms with Crippen LogP contribution in [0.1, 0.15) is 94.2 Å². The van der Waals surface area contributed by atoms with Crippen LogP contribution in [0.15, 0.2) is 71.8 Å². The Labute approximate surface area is 282 Å². The van der Waals surface area contributed by atoms with E-state index in [9.17, 15) is 0 Å². The topological polar surface area (TPSA) is 18.5 Å².